The molecule has 1 amide bonds. The van der Waals surface area contributed by atoms with Crippen molar-refractivity contribution in [2.24, 2.45) is 5.41 Å². The molecule has 1 aromatic carbocycles. The number of carbonyl (C=O) groups excluding carboxylic acids is 1. The minimum Gasteiger partial charge on any atom is -0.378 e. The number of nitrogens with zero attached hydrogens (tertiary/aromatic N) is 3. The highest BCUT2D eigenvalue weighted by Gasteiger charge is 2.43. The molecule has 170 valence electrons. The van der Waals surface area contributed by atoms with Crippen LogP contribution < -0.4 is 4.90 Å². The number of aromatic nitrogens is 1. The number of halogens is 1. The van der Waals surface area contributed by atoms with E-state index in [2.05, 4.69) is 22.0 Å². The number of hydrogen-bond acceptors (Lipinski definition) is 5. The van der Waals surface area contributed by atoms with E-state index in [1.54, 1.807) is 6.20 Å². The Morgan fingerprint density at radius 3 is 2.59 bits per heavy atom. The van der Waals surface area contributed by atoms with E-state index in [1.807, 2.05) is 29.2 Å². The lowest BCUT2D eigenvalue weighted by Crippen LogP contribution is -2.43. The molecule has 0 N–H and O–H groups in total. The Kier molecular flexibility index (Phi) is 6.35. The Morgan fingerprint density at radius 1 is 1.09 bits per heavy atom. The molecule has 1 atom stereocenters. The maximum absolute atomic E-state index is 13.2. The van der Waals surface area contributed by atoms with E-state index < -0.39 is 0 Å². The van der Waals surface area contributed by atoms with Gasteiger partial charge in [-0.25, -0.2) is 4.98 Å². The molecule has 1 aromatic heterocycles. The Balaban J connectivity index is 1.17. The molecule has 3 aliphatic rings. The molecule has 0 aliphatic carbocycles. The zero-order valence-electron chi connectivity index (χ0n) is 18.3. The van der Waals surface area contributed by atoms with Crippen molar-refractivity contribution >= 4 is 23.3 Å². The Bertz CT molecular complexity index is 938. The molecule has 4 heterocycles. The highest BCUT2D eigenvalue weighted by Crippen LogP contribution is 2.43. The lowest BCUT2D eigenvalue weighted by Gasteiger charge is -2.38. The maximum Gasteiger partial charge on any atom is 0.254 e. The standard InChI is InChI=1S/C25H30ClN3O3/c26-21-3-1-19(2-4-21)15-22-17-25(18-32-22)6-9-29(10-7-25)24(30)20-5-8-27-23(16-20)28-11-13-31-14-12-28/h1-5,8,16,22H,6-7,9-15,17-18H2/t22-/m1/s1. The predicted molar refractivity (Wildman–Crippen MR) is 124 cm³/mol. The molecule has 1 spiro atoms. The van der Waals surface area contributed by atoms with Crippen molar-refractivity contribution < 1.29 is 14.3 Å². The van der Waals surface area contributed by atoms with Gasteiger partial charge in [0.25, 0.3) is 5.91 Å². The second kappa shape index (κ2) is 9.38. The number of amides is 1. The van der Waals surface area contributed by atoms with E-state index in [0.29, 0.717) is 13.2 Å². The maximum atomic E-state index is 13.2. The summed E-state index contributed by atoms with van der Waals surface area (Å²) < 4.78 is 11.6. The highest BCUT2D eigenvalue weighted by molar-refractivity contribution is 6.30. The molecule has 0 unspecified atom stereocenters. The number of likely N-dealkylation sites (tertiary alicyclic amines) is 1. The van der Waals surface area contributed by atoms with Crippen LogP contribution in [0.5, 0.6) is 0 Å². The van der Waals surface area contributed by atoms with Gasteiger partial charge in [-0.3, -0.25) is 4.79 Å². The van der Waals surface area contributed by atoms with E-state index >= 15 is 0 Å². The summed E-state index contributed by atoms with van der Waals surface area (Å²) in [5.74, 6) is 0.968. The van der Waals surface area contributed by atoms with E-state index in [1.165, 1.54) is 5.56 Å². The summed E-state index contributed by atoms with van der Waals surface area (Å²) in [4.78, 5) is 21.8. The van der Waals surface area contributed by atoms with Crippen LogP contribution in [0.3, 0.4) is 0 Å². The topological polar surface area (TPSA) is 54.9 Å². The third kappa shape index (κ3) is 4.77. The third-order valence-corrected chi connectivity index (χ3v) is 7.35. The predicted octanol–water partition coefficient (Wildman–Crippen LogP) is 3.83. The van der Waals surface area contributed by atoms with Crippen molar-refractivity contribution in [1.29, 1.82) is 0 Å². The quantitative estimate of drug-likeness (QED) is 0.701. The Hall–Kier alpha value is -2.15. The fourth-order valence-electron chi connectivity index (χ4n) is 5.14. The first kappa shape index (κ1) is 21.7. The van der Waals surface area contributed by atoms with Crippen molar-refractivity contribution in [1.82, 2.24) is 9.88 Å². The van der Waals surface area contributed by atoms with Crippen molar-refractivity contribution in [3.8, 4) is 0 Å². The van der Waals surface area contributed by atoms with Gasteiger partial charge in [0.05, 0.1) is 25.9 Å². The summed E-state index contributed by atoms with van der Waals surface area (Å²) in [5.41, 5.74) is 2.18. The van der Waals surface area contributed by atoms with Gasteiger partial charge in [0.15, 0.2) is 0 Å². The second-order valence-electron chi connectivity index (χ2n) is 9.26. The Labute approximate surface area is 194 Å². The van der Waals surface area contributed by atoms with Crippen molar-refractivity contribution in [2.45, 2.75) is 31.8 Å². The van der Waals surface area contributed by atoms with Gasteiger partial charge >= 0.3 is 0 Å². The van der Waals surface area contributed by atoms with Crippen molar-refractivity contribution in [3.63, 3.8) is 0 Å². The van der Waals surface area contributed by atoms with Gasteiger partial charge in [0, 0.05) is 43.0 Å². The van der Waals surface area contributed by atoms with Crippen LogP contribution in [-0.4, -0.2) is 67.9 Å². The third-order valence-electron chi connectivity index (χ3n) is 7.10. The van der Waals surface area contributed by atoms with E-state index in [9.17, 15) is 4.79 Å². The van der Waals surface area contributed by atoms with Crippen LogP contribution in [0.25, 0.3) is 0 Å². The molecule has 5 rings (SSSR count). The van der Waals surface area contributed by atoms with Crippen molar-refractivity contribution in [2.75, 3.05) is 50.9 Å². The average molecular weight is 456 g/mol. The molecule has 3 saturated heterocycles. The first-order chi connectivity index (χ1) is 15.6. The highest BCUT2D eigenvalue weighted by atomic mass is 35.5. The average Bonchev–Trinajstić information content (AvgIpc) is 3.23. The number of pyridine rings is 1. The van der Waals surface area contributed by atoms with Crippen LogP contribution in [0.1, 0.15) is 35.2 Å². The Morgan fingerprint density at radius 2 is 1.84 bits per heavy atom. The largest absolute Gasteiger partial charge is 0.378 e. The number of rotatable bonds is 4. The van der Waals surface area contributed by atoms with E-state index in [4.69, 9.17) is 21.1 Å². The molecule has 32 heavy (non-hydrogen) atoms. The molecular formula is C25H30ClN3O3. The minimum absolute atomic E-state index is 0.105. The summed E-state index contributed by atoms with van der Waals surface area (Å²) in [7, 11) is 0. The fourth-order valence-corrected chi connectivity index (χ4v) is 5.27. The minimum atomic E-state index is 0.105. The van der Waals surface area contributed by atoms with Crippen molar-refractivity contribution in [3.05, 3.63) is 58.7 Å². The van der Waals surface area contributed by atoms with Gasteiger partial charge in [-0.05, 0) is 60.9 Å². The fraction of sp³-hybridized carbons (Fsp3) is 0.520. The number of anilines is 1. The van der Waals surface area contributed by atoms with Crippen LogP contribution >= 0.6 is 11.6 Å². The molecule has 7 heteroatoms. The molecule has 0 saturated carbocycles. The normalized spacial score (nSPS) is 23.0. The number of ether oxygens (including phenoxy) is 2. The molecule has 0 radical (unpaired) electrons. The van der Waals surface area contributed by atoms with Crippen LogP contribution in [0, 0.1) is 5.41 Å². The second-order valence-corrected chi connectivity index (χ2v) is 9.70. The molecule has 0 bridgehead atoms. The van der Waals surface area contributed by atoms with E-state index in [0.717, 1.165) is 74.9 Å². The lowest BCUT2D eigenvalue weighted by molar-refractivity contribution is 0.0496. The zero-order chi connectivity index (χ0) is 22.0. The van der Waals surface area contributed by atoms with Gasteiger partial charge in [0.1, 0.15) is 5.82 Å². The monoisotopic (exact) mass is 455 g/mol. The van der Waals surface area contributed by atoms with Crippen LogP contribution in [0.2, 0.25) is 5.02 Å². The summed E-state index contributed by atoms with van der Waals surface area (Å²) in [6, 6.07) is 11.8. The smallest absolute Gasteiger partial charge is 0.254 e. The number of morpholine rings is 1. The number of carbonyl (C=O) groups is 1. The van der Waals surface area contributed by atoms with Gasteiger partial charge in [-0.2, -0.15) is 0 Å². The first-order valence-electron chi connectivity index (χ1n) is 11.5. The summed E-state index contributed by atoms with van der Waals surface area (Å²) >= 11 is 6.00. The van der Waals surface area contributed by atoms with Crippen LogP contribution in [0.15, 0.2) is 42.6 Å². The molecular weight excluding hydrogens is 426 g/mol. The summed E-state index contributed by atoms with van der Waals surface area (Å²) in [6.07, 6.45) is 5.97. The molecule has 3 fully saturated rings. The lowest BCUT2D eigenvalue weighted by atomic mass is 9.76. The number of piperidine rings is 1. The SMILES string of the molecule is O=C(c1ccnc(N2CCOCC2)c1)N1CCC2(CC1)CO[C@H](Cc1ccc(Cl)cc1)C2. The van der Waals surface area contributed by atoms with Gasteiger partial charge in [-0.15, -0.1) is 0 Å². The van der Waals surface area contributed by atoms with Crippen LogP contribution in [-0.2, 0) is 15.9 Å². The van der Waals surface area contributed by atoms with Gasteiger partial charge in [0.2, 0.25) is 0 Å². The first-order valence-corrected chi connectivity index (χ1v) is 11.9. The number of hydrogen-bond donors (Lipinski definition) is 0. The molecule has 2 aromatic rings. The van der Waals surface area contributed by atoms with Gasteiger partial charge in [-0.1, -0.05) is 23.7 Å². The van der Waals surface area contributed by atoms with Crippen LogP contribution in [0.4, 0.5) is 5.82 Å². The van der Waals surface area contributed by atoms with Gasteiger partial charge < -0.3 is 19.3 Å². The molecule has 6 nitrogen and oxygen atoms in total. The van der Waals surface area contributed by atoms with E-state index in [-0.39, 0.29) is 17.4 Å². The zero-order valence-corrected chi connectivity index (χ0v) is 19.1. The molecule has 3 aliphatic heterocycles. The number of benzene rings is 1. The summed E-state index contributed by atoms with van der Waals surface area (Å²) in [5, 5.41) is 0.765. The summed E-state index contributed by atoms with van der Waals surface area (Å²) in [6.45, 7) is 5.40.